The van der Waals surface area contributed by atoms with Gasteiger partial charge >= 0.3 is 5.97 Å². The molecular weight excluding hydrogens is 363 g/mol. The summed E-state index contributed by atoms with van der Waals surface area (Å²) in [6.07, 6.45) is 0.447. The van der Waals surface area contributed by atoms with Gasteiger partial charge in [-0.1, -0.05) is 26.0 Å². The van der Waals surface area contributed by atoms with Crippen molar-refractivity contribution >= 4 is 23.5 Å². The summed E-state index contributed by atoms with van der Waals surface area (Å²) in [5, 5.41) is 14.1. The number of halogens is 1. The highest BCUT2D eigenvalue weighted by molar-refractivity contribution is 6.01. The largest absolute Gasteiger partial charge is 0.481 e. The lowest BCUT2D eigenvalue weighted by Gasteiger charge is -2.22. The van der Waals surface area contributed by atoms with E-state index >= 15 is 0 Å². The quantitative estimate of drug-likeness (QED) is 0.649. The van der Waals surface area contributed by atoms with E-state index in [1.807, 2.05) is 13.8 Å². The highest BCUT2D eigenvalue weighted by Crippen LogP contribution is 2.14. The molecule has 0 aromatic heterocycles. The third-order valence-electron chi connectivity index (χ3n) is 4.19. The fourth-order valence-electron chi connectivity index (χ4n) is 2.59. The van der Waals surface area contributed by atoms with Crippen LogP contribution in [-0.4, -0.2) is 28.9 Å². The molecule has 2 aromatic carbocycles. The Labute approximate surface area is 162 Å². The first kappa shape index (κ1) is 21.1. The van der Waals surface area contributed by atoms with Gasteiger partial charge in [-0.05, 0) is 54.3 Å². The van der Waals surface area contributed by atoms with Crippen LogP contribution in [-0.2, 0) is 16.0 Å². The fourth-order valence-corrected chi connectivity index (χ4v) is 2.59. The number of nitrogens with one attached hydrogen (secondary N) is 2. The molecule has 0 saturated heterocycles. The van der Waals surface area contributed by atoms with E-state index in [0.29, 0.717) is 12.1 Å². The second-order valence-corrected chi connectivity index (χ2v) is 6.78. The summed E-state index contributed by atoms with van der Waals surface area (Å²) >= 11 is 0. The van der Waals surface area contributed by atoms with Crippen molar-refractivity contribution in [1.29, 1.82) is 0 Å². The monoisotopic (exact) mass is 386 g/mol. The van der Waals surface area contributed by atoms with Crippen LogP contribution in [0.3, 0.4) is 0 Å². The van der Waals surface area contributed by atoms with Crippen molar-refractivity contribution in [3.8, 4) is 0 Å². The zero-order valence-electron chi connectivity index (χ0n) is 15.7. The van der Waals surface area contributed by atoms with Crippen LogP contribution in [0.2, 0.25) is 0 Å². The molecule has 0 radical (unpaired) electrons. The summed E-state index contributed by atoms with van der Waals surface area (Å²) in [7, 11) is 0. The molecule has 1 atom stereocenters. The first-order valence-electron chi connectivity index (χ1n) is 8.94. The lowest BCUT2D eigenvalue weighted by molar-refractivity contribution is -0.137. The molecule has 1 unspecified atom stereocenters. The Hall–Kier alpha value is -3.22. The summed E-state index contributed by atoms with van der Waals surface area (Å²) in [6, 6.07) is 11.2. The van der Waals surface area contributed by atoms with Crippen LogP contribution in [0.15, 0.2) is 48.5 Å². The van der Waals surface area contributed by atoms with Gasteiger partial charge in [-0.3, -0.25) is 14.4 Å². The fraction of sp³-hybridized carbons (Fsp3) is 0.286. The van der Waals surface area contributed by atoms with Crippen LogP contribution in [0.1, 0.15) is 36.2 Å². The lowest BCUT2D eigenvalue weighted by atomic mass is 10.0. The Morgan fingerprint density at radius 3 is 2.14 bits per heavy atom. The maximum atomic E-state index is 13.0. The third kappa shape index (κ3) is 6.19. The number of hydrogen-bond donors (Lipinski definition) is 3. The minimum Gasteiger partial charge on any atom is -0.481 e. The van der Waals surface area contributed by atoms with E-state index in [9.17, 15) is 18.8 Å². The van der Waals surface area contributed by atoms with E-state index in [0.717, 1.165) is 5.56 Å². The van der Waals surface area contributed by atoms with E-state index in [1.165, 1.54) is 24.3 Å². The predicted molar refractivity (Wildman–Crippen MR) is 104 cm³/mol. The number of rotatable bonds is 8. The standard InChI is InChI=1S/C21H23FN2O4/c1-13(2)19(24-20(27)15-6-8-16(22)9-7-15)21(28)23-17-10-3-14(4-11-17)5-12-18(25)26/h3-4,6-11,13,19H,5,12H2,1-2H3,(H,23,28)(H,24,27)(H,25,26). The summed E-state index contributed by atoms with van der Waals surface area (Å²) in [6.45, 7) is 3.62. The van der Waals surface area contributed by atoms with Gasteiger partial charge in [0.05, 0.1) is 0 Å². The smallest absolute Gasteiger partial charge is 0.303 e. The Bertz CT molecular complexity index is 832. The minimum absolute atomic E-state index is 0.0382. The Kier molecular flexibility index (Phi) is 7.26. The van der Waals surface area contributed by atoms with Crippen molar-refractivity contribution < 1.29 is 23.9 Å². The van der Waals surface area contributed by atoms with Gasteiger partial charge in [0.25, 0.3) is 5.91 Å². The van der Waals surface area contributed by atoms with Crippen molar-refractivity contribution in [2.45, 2.75) is 32.7 Å². The molecular formula is C21H23FN2O4. The van der Waals surface area contributed by atoms with Crippen LogP contribution in [0.4, 0.5) is 10.1 Å². The average molecular weight is 386 g/mol. The number of aliphatic carboxylic acids is 1. The molecule has 148 valence electrons. The van der Waals surface area contributed by atoms with Crippen molar-refractivity contribution in [3.63, 3.8) is 0 Å². The van der Waals surface area contributed by atoms with Crippen molar-refractivity contribution in [2.24, 2.45) is 5.92 Å². The van der Waals surface area contributed by atoms with Crippen molar-refractivity contribution in [3.05, 3.63) is 65.5 Å². The lowest BCUT2D eigenvalue weighted by Crippen LogP contribution is -2.47. The van der Waals surface area contributed by atoms with Crippen LogP contribution in [0, 0.1) is 11.7 Å². The molecule has 2 amide bonds. The topological polar surface area (TPSA) is 95.5 Å². The van der Waals surface area contributed by atoms with Gasteiger partial charge in [0.2, 0.25) is 5.91 Å². The summed E-state index contributed by atoms with van der Waals surface area (Å²) < 4.78 is 13.0. The van der Waals surface area contributed by atoms with E-state index in [2.05, 4.69) is 10.6 Å². The van der Waals surface area contributed by atoms with Gasteiger partial charge in [-0.15, -0.1) is 0 Å². The van der Waals surface area contributed by atoms with Crippen LogP contribution in [0.25, 0.3) is 0 Å². The van der Waals surface area contributed by atoms with Gasteiger partial charge < -0.3 is 15.7 Å². The van der Waals surface area contributed by atoms with Gasteiger partial charge in [0, 0.05) is 17.7 Å². The second-order valence-electron chi connectivity index (χ2n) is 6.78. The van der Waals surface area contributed by atoms with E-state index in [1.54, 1.807) is 24.3 Å². The molecule has 3 N–H and O–H groups in total. The number of aryl methyl sites for hydroxylation is 1. The highest BCUT2D eigenvalue weighted by atomic mass is 19.1. The number of amides is 2. The van der Waals surface area contributed by atoms with E-state index in [4.69, 9.17) is 5.11 Å². The van der Waals surface area contributed by atoms with E-state index < -0.39 is 23.7 Å². The number of benzene rings is 2. The summed E-state index contributed by atoms with van der Waals surface area (Å²) in [4.78, 5) is 35.6. The zero-order valence-corrected chi connectivity index (χ0v) is 15.7. The number of hydrogen-bond acceptors (Lipinski definition) is 3. The molecule has 0 spiro atoms. The normalized spacial score (nSPS) is 11.7. The maximum absolute atomic E-state index is 13.0. The number of carbonyl (C=O) groups excluding carboxylic acids is 2. The van der Waals surface area contributed by atoms with Crippen LogP contribution < -0.4 is 10.6 Å². The average Bonchev–Trinajstić information content (AvgIpc) is 2.65. The van der Waals surface area contributed by atoms with Gasteiger partial charge in [-0.25, -0.2) is 4.39 Å². The van der Waals surface area contributed by atoms with Crippen LogP contribution >= 0.6 is 0 Å². The molecule has 0 fully saturated rings. The second kappa shape index (κ2) is 9.64. The first-order chi connectivity index (χ1) is 13.3. The van der Waals surface area contributed by atoms with Crippen molar-refractivity contribution in [2.75, 3.05) is 5.32 Å². The Balaban J connectivity index is 2.01. The Morgan fingerprint density at radius 2 is 1.61 bits per heavy atom. The molecule has 0 bridgehead atoms. The molecule has 6 nitrogen and oxygen atoms in total. The molecule has 0 aliphatic carbocycles. The van der Waals surface area contributed by atoms with Gasteiger partial charge in [0.15, 0.2) is 0 Å². The number of anilines is 1. The number of carboxylic acid groups (broad SMARTS) is 1. The maximum Gasteiger partial charge on any atom is 0.303 e. The molecule has 0 heterocycles. The first-order valence-corrected chi connectivity index (χ1v) is 8.94. The number of carbonyl (C=O) groups is 3. The molecule has 2 aromatic rings. The summed E-state index contributed by atoms with van der Waals surface area (Å²) in [5.41, 5.74) is 1.67. The van der Waals surface area contributed by atoms with Crippen LogP contribution in [0.5, 0.6) is 0 Å². The summed E-state index contributed by atoms with van der Waals surface area (Å²) in [5.74, 6) is -2.31. The van der Waals surface area contributed by atoms with E-state index in [-0.39, 0.29) is 23.8 Å². The molecule has 0 saturated carbocycles. The SMILES string of the molecule is CC(C)C(NC(=O)c1ccc(F)cc1)C(=O)Nc1ccc(CCC(=O)O)cc1. The minimum atomic E-state index is -0.867. The Morgan fingerprint density at radius 1 is 1.00 bits per heavy atom. The van der Waals surface area contributed by atoms with Gasteiger partial charge in [0.1, 0.15) is 11.9 Å². The molecule has 2 rings (SSSR count). The predicted octanol–water partition coefficient (Wildman–Crippen LogP) is 3.24. The van der Waals surface area contributed by atoms with Crippen molar-refractivity contribution in [1.82, 2.24) is 5.32 Å². The molecule has 0 aliphatic heterocycles. The number of carboxylic acids is 1. The molecule has 0 aliphatic rings. The zero-order chi connectivity index (χ0) is 20.7. The highest BCUT2D eigenvalue weighted by Gasteiger charge is 2.24. The molecule has 28 heavy (non-hydrogen) atoms. The third-order valence-corrected chi connectivity index (χ3v) is 4.19. The molecule has 7 heteroatoms. The van der Waals surface area contributed by atoms with Gasteiger partial charge in [-0.2, -0.15) is 0 Å².